The molecule has 50 heavy (non-hydrogen) atoms. The first-order valence-corrected chi connectivity index (χ1v) is 15.7. The Kier molecular flexibility index (Phi) is 4.24. The number of fused-ring (bicyclic) bond motifs is 6. The minimum Gasteiger partial charge on any atom is -0.456 e. The van der Waals surface area contributed by atoms with Crippen molar-refractivity contribution in [1.82, 2.24) is 19.5 Å². The molecule has 3 aromatic heterocycles. The van der Waals surface area contributed by atoms with Crippen LogP contribution in [0.15, 0.2) is 174 Å². The summed E-state index contributed by atoms with van der Waals surface area (Å²) in [6, 6.07) is 22.3. The summed E-state index contributed by atoms with van der Waals surface area (Å²) in [6.45, 7) is 0. The van der Waals surface area contributed by atoms with Crippen LogP contribution in [-0.2, 0) is 0 Å². The van der Waals surface area contributed by atoms with Gasteiger partial charge in [0.2, 0.25) is 0 Å². The van der Waals surface area contributed by atoms with Gasteiger partial charge in [0.05, 0.1) is 27.5 Å². The van der Waals surface area contributed by atoms with Crippen molar-refractivity contribution in [2.24, 2.45) is 0 Å². The fraction of sp³-hybridized carbons (Fsp3) is 0. The van der Waals surface area contributed by atoms with Gasteiger partial charge in [0.1, 0.15) is 11.2 Å². The summed E-state index contributed by atoms with van der Waals surface area (Å²) in [6.07, 6.45) is 0. The van der Waals surface area contributed by atoms with Crippen molar-refractivity contribution < 1.29 is 20.9 Å². The molecule has 0 radical (unpaired) electrons. The van der Waals surface area contributed by atoms with Crippen LogP contribution in [0, 0.1) is 0 Å². The number of rotatable bonds is 5. The van der Waals surface area contributed by atoms with Gasteiger partial charge in [-0.15, -0.1) is 0 Å². The Hall–Kier alpha value is -6.85. The second kappa shape index (κ2) is 11.4. The average Bonchev–Trinajstić information content (AvgIpc) is 3.84. The molecule has 10 aromatic rings. The van der Waals surface area contributed by atoms with Crippen LogP contribution in [0.3, 0.4) is 0 Å². The predicted molar refractivity (Wildman–Crippen MR) is 203 cm³/mol. The molecule has 5 heteroatoms. The van der Waals surface area contributed by atoms with Crippen LogP contribution < -0.4 is 0 Å². The zero-order valence-electron chi connectivity index (χ0n) is 37.9. The molecule has 0 bridgehead atoms. The van der Waals surface area contributed by atoms with E-state index in [2.05, 4.69) is 0 Å². The maximum Gasteiger partial charge on any atom is 0.166 e. The van der Waals surface area contributed by atoms with E-state index in [1.54, 1.807) is 12.1 Å². The smallest absolute Gasteiger partial charge is 0.166 e. The molecule has 5 nitrogen and oxygen atoms in total. The molecule has 0 N–H and O–H groups in total. The molecule has 0 aliphatic heterocycles. The Morgan fingerprint density at radius 3 is 1.96 bits per heavy atom. The maximum atomic E-state index is 9.45. The molecule has 0 saturated heterocycles. The Morgan fingerprint density at radius 2 is 1.10 bits per heavy atom. The van der Waals surface area contributed by atoms with Crippen molar-refractivity contribution >= 4 is 43.7 Å². The molecule has 234 valence electrons. The van der Waals surface area contributed by atoms with Crippen molar-refractivity contribution in [3.05, 3.63) is 170 Å². The Morgan fingerprint density at radius 1 is 0.460 bits per heavy atom. The second-order valence-electron chi connectivity index (χ2n) is 11.6. The van der Waals surface area contributed by atoms with E-state index in [1.165, 1.54) is 0 Å². The molecule has 0 saturated carbocycles. The third-order valence-corrected chi connectivity index (χ3v) is 8.67. The first kappa shape index (κ1) is 18.6. The number of nitrogens with zero attached hydrogens (tertiary/aromatic N) is 4. The number of furan rings is 1. The van der Waals surface area contributed by atoms with E-state index in [4.69, 9.17) is 33.1 Å². The minimum atomic E-state index is -0.725. The van der Waals surface area contributed by atoms with Crippen LogP contribution in [0.2, 0.25) is 0 Å². The lowest BCUT2D eigenvalue weighted by molar-refractivity contribution is 0.669. The standard InChI is InChI=1S/C45H28N4O/c1-3-12-29(13-4-1)30-22-24-31(25-23-30)43-46-44(32-26-27-36-35-17-8-10-21-40(35)50-41(36)28-32)48-45(47-43)38-19-11-18-37-34-16-7-9-20-39(34)49(42(37)38)33-14-5-2-6-15-33/h1-28H/i2D,5D,6D,7D,9D,11D,14D,15D,16D,18D,19D,20D. The summed E-state index contributed by atoms with van der Waals surface area (Å²) < 4.78 is 114. The van der Waals surface area contributed by atoms with Crippen molar-refractivity contribution in [3.8, 4) is 51.0 Å². The maximum absolute atomic E-state index is 9.45. The lowest BCUT2D eigenvalue weighted by Gasteiger charge is -2.13. The van der Waals surface area contributed by atoms with Gasteiger partial charge in [0.15, 0.2) is 17.5 Å². The third kappa shape index (κ3) is 4.60. The Balaban J connectivity index is 1.35. The first-order valence-electron chi connectivity index (χ1n) is 21.7. The van der Waals surface area contributed by atoms with Crippen LogP contribution in [0.4, 0.5) is 0 Å². The molecule has 0 unspecified atom stereocenters. The van der Waals surface area contributed by atoms with Gasteiger partial charge in [0, 0.05) is 43.9 Å². The Bertz CT molecular complexity index is 3520. The van der Waals surface area contributed by atoms with Gasteiger partial charge in [-0.3, -0.25) is 0 Å². The SMILES string of the molecule is [2H]c1c([2H])c([2H])c(-n2c3c([2H])c([2H])c([2H])c([2H])c3c3c([2H])c([2H])c([2H])c(-c4nc(-c5ccc(-c6ccccc6)cc5)nc(-c5ccc6c(c5)oc5ccccc56)n4)c32)c([2H])c1[2H]. The number of para-hydroxylation sites is 4. The average molecular weight is 653 g/mol. The highest BCUT2D eigenvalue weighted by Gasteiger charge is 2.20. The molecule has 0 spiro atoms. The molecule has 0 amide bonds. The molecule has 10 rings (SSSR count). The zero-order valence-corrected chi connectivity index (χ0v) is 25.9. The molecular weight excluding hydrogens is 613 g/mol. The Labute approximate surface area is 304 Å². The van der Waals surface area contributed by atoms with Gasteiger partial charge in [-0.25, -0.2) is 15.0 Å². The van der Waals surface area contributed by atoms with Crippen molar-refractivity contribution in [2.45, 2.75) is 0 Å². The van der Waals surface area contributed by atoms with E-state index < -0.39 is 78.2 Å². The molecule has 0 fully saturated rings. The predicted octanol–water partition coefficient (Wildman–Crippen LogP) is 11.5. The van der Waals surface area contributed by atoms with Gasteiger partial charge in [-0.2, -0.15) is 0 Å². The van der Waals surface area contributed by atoms with Gasteiger partial charge < -0.3 is 8.98 Å². The third-order valence-electron chi connectivity index (χ3n) is 8.67. The molecule has 0 aliphatic rings. The van der Waals surface area contributed by atoms with Crippen molar-refractivity contribution in [1.29, 1.82) is 0 Å². The van der Waals surface area contributed by atoms with E-state index in [0.717, 1.165) is 26.5 Å². The van der Waals surface area contributed by atoms with E-state index >= 15 is 0 Å². The normalized spacial score (nSPS) is 15.0. The van der Waals surface area contributed by atoms with Crippen molar-refractivity contribution in [2.75, 3.05) is 0 Å². The summed E-state index contributed by atoms with van der Waals surface area (Å²) >= 11 is 0. The van der Waals surface area contributed by atoms with Crippen LogP contribution in [0.25, 0.3) is 94.7 Å². The van der Waals surface area contributed by atoms with Crippen LogP contribution in [0.1, 0.15) is 16.4 Å². The quantitative estimate of drug-likeness (QED) is 0.186. The monoisotopic (exact) mass is 652 g/mol. The first-order chi connectivity index (χ1) is 29.8. The highest BCUT2D eigenvalue weighted by molar-refractivity contribution is 6.13. The summed E-state index contributed by atoms with van der Waals surface area (Å²) in [5, 5.41) is 1.27. The van der Waals surface area contributed by atoms with E-state index in [1.807, 2.05) is 84.9 Å². The fourth-order valence-electron chi connectivity index (χ4n) is 6.36. The van der Waals surface area contributed by atoms with Gasteiger partial charge in [-0.05, 0) is 53.5 Å². The largest absolute Gasteiger partial charge is 0.456 e. The molecule has 0 aliphatic carbocycles. The number of hydrogen-bond acceptors (Lipinski definition) is 4. The fourth-order valence-corrected chi connectivity index (χ4v) is 6.36. The number of aromatic nitrogens is 4. The van der Waals surface area contributed by atoms with E-state index in [-0.39, 0.29) is 44.8 Å². The minimum absolute atomic E-state index is 0.114. The van der Waals surface area contributed by atoms with E-state index in [9.17, 15) is 2.74 Å². The van der Waals surface area contributed by atoms with Gasteiger partial charge in [0.25, 0.3) is 0 Å². The van der Waals surface area contributed by atoms with Crippen molar-refractivity contribution in [3.63, 3.8) is 0 Å². The summed E-state index contributed by atoms with van der Waals surface area (Å²) in [7, 11) is 0. The van der Waals surface area contributed by atoms with Crippen LogP contribution >= 0.6 is 0 Å². The van der Waals surface area contributed by atoms with Crippen LogP contribution in [-0.4, -0.2) is 19.5 Å². The lowest BCUT2D eigenvalue weighted by Crippen LogP contribution is -2.02. The number of benzene rings is 7. The lowest BCUT2D eigenvalue weighted by atomic mass is 10.0. The zero-order chi connectivity index (χ0) is 43.5. The number of hydrogen-bond donors (Lipinski definition) is 0. The van der Waals surface area contributed by atoms with Crippen LogP contribution in [0.5, 0.6) is 0 Å². The molecular formula is C45H28N4O. The molecule has 3 heterocycles. The summed E-state index contributed by atoms with van der Waals surface area (Å²) in [5.41, 5.74) is 2.83. The highest BCUT2D eigenvalue weighted by atomic mass is 16.3. The summed E-state index contributed by atoms with van der Waals surface area (Å²) in [4.78, 5) is 14.6. The highest BCUT2D eigenvalue weighted by Crippen LogP contribution is 2.38. The van der Waals surface area contributed by atoms with Gasteiger partial charge in [-0.1, -0.05) is 127 Å². The second-order valence-corrected chi connectivity index (χ2v) is 11.6. The topological polar surface area (TPSA) is 56.7 Å². The summed E-state index contributed by atoms with van der Waals surface area (Å²) in [5.74, 6) is 0.0401. The molecule has 0 atom stereocenters. The molecule has 7 aromatic carbocycles. The van der Waals surface area contributed by atoms with E-state index in [0.29, 0.717) is 22.3 Å². The van der Waals surface area contributed by atoms with Gasteiger partial charge >= 0.3 is 0 Å².